The van der Waals surface area contributed by atoms with Gasteiger partial charge >= 0.3 is 0 Å². The van der Waals surface area contributed by atoms with Crippen molar-refractivity contribution < 1.29 is 0 Å². The van der Waals surface area contributed by atoms with Crippen LogP contribution in [0.25, 0.3) is 0 Å². The average Bonchev–Trinajstić information content (AvgIpc) is 2.23. The topological polar surface area (TPSA) is 12.0 Å². The highest BCUT2D eigenvalue weighted by molar-refractivity contribution is 7.99. The van der Waals surface area contributed by atoms with E-state index in [1.807, 2.05) is 23.9 Å². The highest BCUT2D eigenvalue weighted by Crippen LogP contribution is 2.37. The number of halogens is 2. The van der Waals surface area contributed by atoms with Crippen LogP contribution in [0.5, 0.6) is 0 Å². The highest BCUT2D eigenvalue weighted by atomic mass is 35.5. The van der Waals surface area contributed by atoms with Crippen molar-refractivity contribution in [2.75, 3.05) is 18.8 Å². The molecule has 4 heteroatoms. The summed E-state index contributed by atoms with van der Waals surface area (Å²) >= 11 is 14.1. The van der Waals surface area contributed by atoms with Gasteiger partial charge in [0.25, 0.3) is 0 Å². The minimum absolute atomic E-state index is 0.440. The molecule has 1 aliphatic heterocycles. The zero-order chi connectivity index (χ0) is 9.97. The van der Waals surface area contributed by atoms with Gasteiger partial charge in [-0.05, 0) is 11.6 Å². The number of benzene rings is 1. The zero-order valence-corrected chi connectivity index (χ0v) is 9.92. The first kappa shape index (κ1) is 10.6. The van der Waals surface area contributed by atoms with E-state index in [1.165, 1.54) is 0 Å². The van der Waals surface area contributed by atoms with E-state index in [0.29, 0.717) is 15.3 Å². The Balaban J connectivity index is 2.26. The second-order valence-corrected chi connectivity index (χ2v) is 5.30. The fourth-order valence-electron chi connectivity index (χ4n) is 1.53. The lowest BCUT2D eigenvalue weighted by atomic mass is 10.1. The van der Waals surface area contributed by atoms with Crippen molar-refractivity contribution in [2.24, 2.45) is 0 Å². The molecule has 0 aromatic heterocycles. The van der Waals surface area contributed by atoms with Gasteiger partial charge in [-0.1, -0.05) is 35.3 Å². The number of nitrogens with one attached hydrogen (secondary N) is 1. The number of thioether (sulfide) groups is 1. The molecule has 2 rings (SSSR count). The van der Waals surface area contributed by atoms with Crippen molar-refractivity contribution in [1.82, 2.24) is 5.32 Å². The van der Waals surface area contributed by atoms with E-state index in [-0.39, 0.29) is 0 Å². The average molecular weight is 248 g/mol. The van der Waals surface area contributed by atoms with Crippen LogP contribution in [-0.4, -0.2) is 18.8 Å². The largest absolute Gasteiger partial charge is 0.314 e. The summed E-state index contributed by atoms with van der Waals surface area (Å²) in [6.07, 6.45) is 0. The summed E-state index contributed by atoms with van der Waals surface area (Å²) in [6, 6.07) is 5.84. The Kier molecular flexibility index (Phi) is 3.61. The molecular weight excluding hydrogens is 237 g/mol. The third kappa shape index (κ3) is 2.19. The van der Waals surface area contributed by atoms with E-state index in [4.69, 9.17) is 23.2 Å². The molecule has 0 amide bonds. The summed E-state index contributed by atoms with van der Waals surface area (Å²) in [5.41, 5.74) is 1.15. The third-order valence-corrected chi connectivity index (χ3v) is 4.35. The Morgan fingerprint density at radius 2 is 2.21 bits per heavy atom. The molecule has 76 valence electrons. The molecule has 1 heterocycles. The molecule has 0 bridgehead atoms. The summed E-state index contributed by atoms with van der Waals surface area (Å²) in [5, 5.41) is 5.15. The van der Waals surface area contributed by atoms with Crippen LogP contribution in [0.3, 0.4) is 0 Å². The van der Waals surface area contributed by atoms with Crippen molar-refractivity contribution in [3.63, 3.8) is 0 Å². The van der Waals surface area contributed by atoms with Crippen molar-refractivity contribution >= 4 is 35.0 Å². The molecule has 1 saturated heterocycles. The molecular formula is C10H11Cl2NS. The number of rotatable bonds is 1. The molecule has 0 radical (unpaired) electrons. The molecule has 1 aliphatic rings. The van der Waals surface area contributed by atoms with Crippen LogP contribution in [0.15, 0.2) is 18.2 Å². The maximum Gasteiger partial charge on any atom is 0.0636 e. The minimum atomic E-state index is 0.440. The van der Waals surface area contributed by atoms with Crippen LogP contribution in [-0.2, 0) is 0 Å². The fraction of sp³-hybridized carbons (Fsp3) is 0.400. The fourth-order valence-corrected chi connectivity index (χ4v) is 3.20. The van der Waals surface area contributed by atoms with Crippen LogP contribution in [0.2, 0.25) is 10.0 Å². The predicted molar refractivity (Wildman–Crippen MR) is 64.5 cm³/mol. The molecule has 1 unspecified atom stereocenters. The van der Waals surface area contributed by atoms with Gasteiger partial charge in [0.15, 0.2) is 0 Å². The van der Waals surface area contributed by atoms with Gasteiger partial charge in [0.2, 0.25) is 0 Å². The smallest absolute Gasteiger partial charge is 0.0636 e. The first-order valence-electron chi connectivity index (χ1n) is 4.55. The second kappa shape index (κ2) is 4.75. The summed E-state index contributed by atoms with van der Waals surface area (Å²) in [4.78, 5) is 0. The predicted octanol–water partition coefficient (Wildman–Crippen LogP) is 3.37. The van der Waals surface area contributed by atoms with Crippen LogP contribution in [0, 0.1) is 0 Å². The van der Waals surface area contributed by atoms with Crippen LogP contribution in [0.1, 0.15) is 10.8 Å². The van der Waals surface area contributed by atoms with Crippen molar-refractivity contribution in [1.29, 1.82) is 0 Å². The van der Waals surface area contributed by atoms with Crippen LogP contribution in [0.4, 0.5) is 0 Å². The van der Waals surface area contributed by atoms with E-state index in [1.54, 1.807) is 0 Å². The summed E-state index contributed by atoms with van der Waals surface area (Å²) in [7, 11) is 0. The Labute approximate surface area is 98.2 Å². The third-order valence-electron chi connectivity index (χ3n) is 2.26. The molecule has 0 aliphatic carbocycles. The molecule has 0 spiro atoms. The standard InChI is InChI=1S/C10H11Cl2NS/c11-8-3-1-2-7(10(8)12)9-6-13-4-5-14-9/h1-3,9,13H,4-6H2. The Bertz CT molecular complexity index is 324. The van der Waals surface area contributed by atoms with Gasteiger partial charge in [0, 0.05) is 24.1 Å². The lowest BCUT2D eigenvalue weighted by molar-refractivity contribution is 0.689. The maximum atomic E-state index is 6.15. The Morgan fingerprint density at radius 3 is 2.93 bits per heavy atom. The Morgan fingerprint density at radius 1 is 1.36 bits per heavy atom. The quantitative estimate of drug-likeness (QED) is 0.817. The second-order valence-electron chi connectivity index (χ2n) is 3.21. The van der Waals surface area contributed by atoms with Gasteiger partial charge in [-0.25, -0.2) is 0 Å². The molecule has 1 N–H and O–H groups in total. The van der Waals surface area contributed by atoms with E-state index in [9.17, 15) is 0 Å². The summed E-state index contributed by atoms with van der Waals surface area (Å²) in [5.74, 6) is 1.13. The molecule has 1 aromatic rings. The normalized spacial score (nSPS) is 22.3. The summed E-state index contributed by atoms with van der Waals surface area (Å²) in [6.45, 7) is 2.06. The molecule has 1 fully saturated rings. The van der Waals surface area contributed by atoms with E-state index in [2.05, 4.69) is 11.4 Å². The first-order valence-corrected chi connectivity index (χ1v) is 6.36. The zero-order valence-electron chi connectivity index (χ0n) is 7.59. The monoisotopic (exact) mass is 247 g/mol. The van der Waals surface area contributed by atoms with E-state index < -0.39 is 0 Å². The van der Waals surface area contributed by atoms with Gasteiger partial charge in [-0.15, -0.1) is 0 Å². The van der Waals surface area contributed by atoms with Gasteiger partial charge in [0.05, 0.1) is 10.0 Å². The van der Waals surface area contributed by atoms with Crippen molar-refractivity contribution in [2.45, 2.75) is 5.25 Å². The van der Waals surface area contributed by atoms with E-state index >= 15 is 0 Å². The van der Waals surface area contributed by atoms with Crippen molar-refractivity contribution in [3.8, 4) is 0 Å². The van der Waals surface area contributed by atoms with Crippen LogP contribution >= 0.6 is 35.0 Å². The first-order chi connectivity index (χ1) is 6.79. The number of hydrogen-bond acceptors (Lipinski definition) is 2. The van der Waals surface area contributed by atoms with Gasteiger partial charge < -0.3 is 5.32 Å². The summed E-state index contributed by atoms with van der Waals surface area (Å²) < 4.78 is 0. The lowest BCUT2D eigenvalue weighted by Gasteiger charge is -2.23. The highest BCUT2D eigenvalue weighted by Gasteiger charge is 2.18. The van der Waals surface area contributed by atoms with Gasteiger partial charge in [-0.3, -0.25) is 0 Å². The molecule has 1 aromatic carbocycles. The number of hydrogen-bond donors (Lipinski definition) is 1. The van der Waals surface area contributed by atoms with E-state index in [0.717, 1.165) is 24.4 Å². The Hall–Kier alpha value is 0.110. The minimum Gasteiger partial charge on any atom is -0.314 e. The SMILES string of the molecule is Clc1cccc(C2CNCCS2)c1Cl. The van der Waals surface area contributed by atoms with Crippen molar-refractivity contribution in [3.05, 3.63) is 33.8 Å². The van der Waals surface area contributed by atoms with Gasteiger partial charge in [0.1, 0.15) is 0 Å². The van der Waals surface area contributed by atoms with Gasteiger partial charge in [-0.2, -0.15) is 11.8 Å². The molecule has 1 nitrogen and oxygen atoms in total. The maximum absolute atomic E-state index is 6.15. The lowest BCUT2D eigenvalue weighted by Crippen LogP contribution is -2.28. The van der Waals surface area contributed by atoms with Crippen LogP contribution < -0.4 is 5.32 Å². The molecule has 14 heavy (non-hydrogen) atoms. The molecule has 0 saturated carbocycles. The molecule has 1 atom stereocenters.